The minimum atomic E-state index is -0.638. The second kappa shape index (κ2) is 14.7. The molecule has 1 saturated heterocycles. The van der Waals surface area contributed by atoms with Gasteiger partial charge in [0.05, 0.1) is 24.4 Å². The summed E-state index contributed by atoms with van der Waals surface area (Å²) in [6.45, 7) is 2.47. The summed E-state index contributed by atoms with van der Waals surface area (Å²) in [5, 5.41) is 25.5. The third kappa shape index (κ3) is 7.46. The third-order valence-electron chi connectivity index (χ3n) is 8.10. The standard InChI is InChI=1S/C37H35N3O5S/c1-25-33(24-46-34-12-2-3-18-40(34)43)44-37(45-35(25)28-15-13-26(23-41)14-16-28)31-10-5-9-30(20-31)29-8-4-7-27(19-29)21-39-36(42)32-11-6-17-38-22-32/h2-20,22,25,33,35,37,41H,21,23-24H2,1H3,(H,39,42)/t25-,33+,35+,37+/m1/s1. The van der Waals surface area contributed by atoms with Crippen LogP contribution in [-0.2, 0) is 22.6 Å². The lowest BCUT2D eigenvalue weighted by molar-refractivity contribution is -0.645. The lowest BCUT2D eigenvalue weighted by Gasteiger charge is -2.41. The summed E-state index contributed by atoms with van der Waals surface area (Å²) in [6, 6.07) is 32.9. The highest BCUT2D eigenvalue weighted by atomic mass is 32.2. The number of nitrogens with one attached hydrogen (secondary N) is 1. The van der Waals surface area contributed by atoms with E-state index in [-0.39, 0.29) is 30.6 Å². The van der Waals surface area contributed by atoms with Crippen molar-refractivity contribution in [3.05, 3.63) is 155 Å². The molecule has 2 N–H and O–H groups in total. The molecule has 3 heterocycles. The predicted molar refractivity (Wildman–Crippen MR) is 176 cm³/mol. The number of ether oxygens (including phenoxy) is 2. The van der Waals surface area contributed by atoms with Crippen molar-refractivity contribution in [2.75, 3.05) is 5.75 Å². The summed E-state index contributed by atoms with van der Waals surface area (Å²) in [5.74, 6) is 0.395. The highest BCUT2D eigenvalue weighted by Crippen LogP contribution is 2.43. The molecule has 2 aromatic heterocycles. The van der Waals surface area contributed by atoms with Gasteiger partial charge in [-0.05, 0) is 58.1 Å². The lowest BCUT2D eigenvalue weighted by Crippen LogP contribution is -2.39. The van der Waals surface area contributed by atoms with E-state index in [1.807, 2.05) is 72.8 Å². The summed E-state index contributed by atoms with van der Waals surface area (Å²) in [4.78, 5) is 16.6. The van der Waals surface area contributed by atoms with Gasteiger partial charge in [-0.1, -0.05) is 79.3 Å². The third-order valence-corrected chi connectivity index (χ3v) is 9.21. The molecule has 4 atom stereocenters. The topological polar surface area (TPSA) is 108 Å². The number of aliphatic hydroxyl groups is 1. The Labute approximate surface area is 272 Å². The maximum Gasteiger partial charge on any atom is 0.253 e. The zero-order chi connectivity index (χ0) is 31.9. The quantitative estimate of drug-likeness (QED) is 0.104. The summed E-state index contributed by atoms with van der Waals surface area (Å²) in [5.41, 5.74) is 6.21. The molecule has 1 aliphatic rings. The molecule has 0 bridgehead atoms. The van der Waals surface area contributed by atoms with Crippen molar-refractivity contribution in [1.29, 1.82) is 0 Å². The first-order valence-corrected chi connectivity index (χ1v) is 16.2. The number of carbonyl (C=O) groups is 1. The SMILES string of the molecule is C[C@@H]1[C@H](CSc2cccc[n+]2[O-])O[C@H](c2cccc(-c3cccc(CNC(=O)c4cccnc4)c3)c2)O[C@@H]1c1ccc(CO)cc1. The number of carbonyl (C=O) groups excluding carboxylic acids is 1. The molecule has 46 heavy (non-hydrogen) atoms. The average Bonchev–Trinajstić information content (AvgIpc) is 3.11. The zero-order valence-corrected chi connectivity index (χ0v) is 26.2. The predicted octanol–water partition coefficient (Wildman–Crippen LogP) is 6.39. The summed E-state index contributed by atoms with van der Waals surface area (Å²) >= 11 is 1.47. The molecule has 234 valence electrons. The van der Waals surface area contributed by atoms with E-state index in [2.05, 4.69) is 29.4 Å². The Morgan fingerprint density at radius 1 is 0.913 bits per heavy atom. The van der Waals surface area contributed by atoms with Crippen LogP contribution in [0, 0.1) is 11.1 Å². The number of thioether (sulfide) groups is 1. The number of aromatic nitrogens is 2. The Morgan fingerprint density at radius 2 is 1.72 bits per heavy atom. The van der Waals surface area contributed by atoms with E-state index in [0.29, 0.717) is 22.9 Å². The van der Waals surface area contributed by atoms with Crippen LogP contribution in [0.1, 0.15) is 51.9 Å². The molecule has 0 unspecified atom stereocenters. The second-order valence-electron chi connectivity index (χ2n) is 11.2. The van der Waals surface area contributed by atoms with Gasteiger partial charge >= 0.3 is 0 Å². The molecule has 9 heteroatoms. The fraction of sp³-hybridized carbons (Fsp3) is 0.216. The lowest BCUT2D eigenvalue weighted by atomic mass is 9.91. The Hall–Kier alpha value is -4.54. The average molecular weight is 634 g/mol. The van der Waals surface area contributed by atoms with Crippen LogP contribution in [0.5, 0.6) is 0 Å². The van der Waals surface area contributed by atoms with Crippen molar-refractivity contribution in [2.24, 2.45) is 5.92 Å². The van der Waals surface area contributed by atoms with Gasteiger partial charge < -0.3 is 25.1 Å². The minimum absolute atomic E-state index is 0.00529. The van der Waals surface area contributed by atoms with E-state index in [4.69, 9.17) is 9.47 Å². The van der Waals surface area contributed by atoms with Crippen molar-refractivity contribution in [3.8, 4) is 11.1 Å². The first kappa shape index (κ1) is 31.4. The van der Waals surface area contributed by atoms with Crippen LogP contribution in [0.25, 0.3) is 11.1 Å². The highest BCUT2D eigenvalue weighted by molar-refractivity contribution is 7.99. The molecule has 3 aromatic carbocycles. The van der Waals surface area contributed by atoms with Crippen molar-refractivity contribution < 1.29 is 24.1 Å². The van der Waals surface area contributed by atoms with E-state index < -0.39 is 6.29 Å². The largest absolute Gasteiger partial charge is 0.618 e. The fourth-order valence-electron chi connectivity index (χ4n) is 5.51. The molecule has 6 rings (SSSR count). The number of pyridine rings is 2. The number of aliphatic hydroxyl groups excluding tert-OH is 1. The number of hydrogen-bond donors (Lipinski definition) is 2. The molecule has 0 saturated carbocycles. The molecule has 1 aliphatic heterocycles. The van der Waals surface area contributed by atoms with Crippen LogP contribution < -0.4 is 10.0 Å². The maximum absolute atomic E-state index is 12.5. The number of rotatable bonds is 10. The molecule has 1 amide bonds. The van der Waals surface area contributed by atoms with Crippen LogP contribution in [0.3, 0.4) is 0 Å². The van der Waals surface area contributed by atoms with Gasteiger partial charge in [0.25, 0.3) is 10.9 Å². The molecule has 8 nitrogen and oxygen atoms in total. The van der Waals surface area contributed by atoms with Crippen LogP contribution in [0.2, 0.25) is 0 Å². The van der Waals surface area contributed by atoms with Gasteiger partial charge in [-0.15, -0.1) is 0 Å². The van der Waals surface area contributed by atoms with E-state index in [9.17, 15) is 15.1 Å². The summed E-state index contributed by atoms with van der Waals surface area (Å²) in [7, 11) is 0. The number of hydrogen-bond acceptors (Lipinski definition) is 7. The van der Waals surface area contributed by atoms with E-state index in [1.165, 1.54) is 18.0 Å². The monoisotopic (exact) mass is 633 g/mol. The van der Waals surface area contributed by atoms with Crippen LogP contribution in [0.15, 0.2) is 127 Å². The molecule has 0 spiro atoms. The van der Waals surface area contributed by atoms with Crippen LogP contribution in [-0.4, -0.2) is 27.9 Å². The van der Waals surface area contributed by atoms with Crippen LogP contribution in [0.4, 0.5) is 0 Å². The van der Waals surface area contributed by atoms with Crippen LogP contribution >= 0.6 is 11.8 Å². The molecular weight excluding hydrogens is 598 g/mol. The Morgan fingerprint density at radius 3 is 2.48 bits per heavy atom. The Balaban J connectivity index is 1.23. The zero-order valence-electron chi connectivity index (χ0n) is 25.4. The van der Waals surface area contributed by atoms with Gasteiger partial charge in [0.1, 0.15) is 0 Å². The number of benzene rings is 3. The Bertz CT molecular complexity index is 1770. The van der Waals surface area contributed by atoms with Crippen molar-refractivity contribution in [3.63, 3.8) is 0 Å². The van der Waals surface area contributed by atoms with Crippen molar-refractivity contribution >= 4 is 17.7 Å². The Kier molecular flexibility index (Phi) is 10.0. The normalized spacial score (nSPS) is 19.4. The molecule has 0 radical (unpaired) electrons. The van der Waals surface area contributed by atoms with Gasteiger partial charge in [0, 0.05) is 48.3 Å². The van der Waals surface area contributed by atoms with E-state index in [1.54, 1.807) is 30.6 Å². The van der Waals surface area contributed by atoms with Gasteiger partial charge in [0.15, 0.2) is 12.5 Å². The number of amides is 1. The van der Waals surface area contributed by atoms with E-state index >= 15 is 0 Å². The summed E-state index contributed by atoms with van der Waals surface area (Å²) < 4.78 is 14.2. The fourth-order valence-corrected chi connectivity index (χ4v) is 6.59. The molecule has 5 aromatic rings. The first-order chi connectivity index (χ1) is 22.5. The van der Waals surface area contributed by atoms with Gasteiger partial charge in [-0.3, -0.25) is 9.78 Å². The van der Waals surface area contributed by atoms with Crippen molar-refractivity contribution in [1.82, 2.24) is 10.3 Å². The maximum atomic E-state index is 12.5. The minimum Gasteiger partial charge on any atom is -0.618 e. The molecular formula is C37H35N3O5S. The van der Waals surface area contributed by atoms with Gasteiger partial charge in [0.2, 0.25) is 0 Å². The van der Waals surface area contributed by atoms with Crippen molar-refractivity contribution in [2.45, 2.75) is 43.6 Å². The second-order valence-corrected chi connectivity index (χ2v) is 12.3. The smallest absolute Gasteiger partial charge is 0.253 e. The molecule has 0 aliphatic carbocycles. The highest BCUT2D eigenvalue weighted by Gasteiger charge is 2.38. The number of nitrogens with zero attached hydrogens (tertiary/aromatic N) is 2. The first-order valence-electron chi connectivity index (χ1n) is 15.2. The molecule has 1 fully saturated rings. The van der Waals surface area contributed by atoms with Gasteiger partial charge in [-0.2, -0.15) is 4.73 Å². The van der Waals surface area contributed by atoms with Gasteiger partial charge in [-0.25, -0.2) is 0 Å². The van der Waals surface area contributed by atoms with E-state index in [0.717, 1.165) is 38.1 Å². The summed E-state index contributed by atoms with van der Waals surface area (Å²) in [6.07, 6.45) is 3.58.